The fourth-order valence-corrected chi connectivity index (χ4v) is 4.65. The molecular formula is C29H31FN4O3. The number of halogens is 1. The summed E-state index contributed by atoms with van der Waals surface area (Å²) in [7, 11) is 2.96. The van der Waals surface area contributed by atoms with E-state index in [2.05, 4.69) is 39.6 Å². The maximum atomic E-state index is 16.5. The Morgan fingerprint density at radius 1 is 1.30 bits per heavy atom. The predicted octanol–water partition coefficient (Wildman–Crippen LogP) is 2.94. The van der Waals surface area contributed by atoms with Gasteiger partial charge >= 0.3 is 6.01 Å². The third-order valence-corrected chi connectivity index (χ3v) is 6.51. The lowest BCUT2D eigenvalue weighted by atomic mass is 9.94. The second kappa shape index (κ2) is 10.9. The standard InChI is InChI=1S/C29H31FN4O3/c1-7-20-9-8-10-21-13-22(35)14-23(25(20)21)18(3)26(30)27-24(19(4)36-5)28(33-29(32-27)37-6)34-12-11-31-15-17(2)16-34/h1,8-10,13-14,17,31,35H,3,11-12,15-16H2,2,4-6H3/b24-19-,27-26-. The molecule has 4 rings (SSSR count). The van der Waals surface area contributed by atoms with Crippen molar-refractivity contribution in [1.29, 1.82) is 0 Å². The molecule has 0 spiro atoms. The molecule has 192 valence electrons. The number of hydrogen-bond acceptors (Lipinski definition) is 7. The number of hydrogen-bond donors (Lipinski definition) is 2. The molecule has 0 bridgehead atoms. The Hall–Kier alpha value is -4.09. The zero-order valence-corrected chi connectivity index (χ0v) is 21.6. The Labute approximate surface area is 216 Å². The van der Waals surface area contributed by atoms with Crippen molar-refractivity contribution in [3.05, 3.63) is 58.6 Å². The zero-order valence-electron chi connectivity index (χ0n) is 21.6. The Bertz CT molecular complexity index is 1530. The number of nitrogens with one attached hydrogen (secondary N) is 1. The Morgan fingerprint density at radius 3 is 2.78 bits per heavy atom. The number of aromatic nitrogens is 2. The number of phenolic OH excluding ortho intramolecular Hbond substituents is 1. The van der Waals surface area contributed by atoms with Crippen molar-refractivity contribution in [3.63, 3.8) is 0 Å². The highest BCUT2D eigenvalue weighted by atomic mass is 19.1. The maximum Gasteiger partial charge on any atom is 0.318 e. The number of methoxy groups -OCH3 is 2. The molecule has 2 aromatic carbocycles. The molecule has 1 atom stereocenters. The van der Waals surface area contributed by atoms with Gasteiger partial charge in [0.2, 0.25) is 0 Å². The van der Waals surface area contributed by atoms with E-state index in [1.165, 1.54) is 20.3 Å². The van der Waals surface area contributed by atoms with Crippen LogP contribution in [0.2, 0.25) is 0 Å². The summed E-state index contributed by atoms with van der Waals surface area (Å²) in [6.45, 7) is 10.9. The highest BCUT2D eigenvalue weighted by molar-refractivity contribution is 6.06. The van der Waals surface area contributed by atoms with Gasteiger partial charge in [0, 0.05) is 36.2 Å². The van der Waals surface area contributed by atoms with Gasteiger partial charge in [0.25, 0.3) is 0 Å². The van der Waals surface area contributed by atoms with E-state index in [1.807, 2.05) is 0 Å². The van der Waals surface area contributed by atoms with Gasteiger partial charge in [-0.2, -0.15) is 9.97 Å². The van der Waals surface area contributed by atoms with Gasteiger partial charge in [0.15, 0.2) is 5.83 Å². The minimum absolute atomic E-state index is 0.00857. The molecule has 1 saturated heterocycles. The lowest BCUT2D eigenvalue weighted by Crippen LogP contribution is -2.42. The topological polar surface area (TPSA) is 79.7 Å². The summed E-state index contributed by atoms with van der Waals surface area (Å²) in [5.41, 5.74) is 0.952. The van der Waals surface area contributed by atoms with Gasteiger partial charge in [-0.05, 0) is 48.5 Å². The molecule has 8 heteroatoms. The van der Waals surface area contributed by atoms with E-state index < -0.39 is 5.83 Å². The first kappa shape index (κ1) is 26.0. The number of phenols is 1. The molecule has 0 aliphatic carbocycles. The van der Waals surface area contributed by atoms with Gasteiger partial charge in [-0.15, -0.1) is 6.42 Å². The molecule has 0 radical (unpaired) electrons. The lowest BCUT2D eigenvalue weighted by molar-refractivity contribution is 0.358. The summed E-state index contributed by atoms with van der Waals surface area (Å²) >= 11 is 0. The lowest BCUT2D eigenvalue weighted by Gasteiger charge is -2.24. The van der Waals surface area contributed by atoms with E-state index in [9.17, 15) is 5.11 Å². The summed E-state index contributed by atoms with van der Waals surface area (Å²) in [4.78, 5) is 11.1. The zero-order chi connectivity index (χ0) is 26.7. The van der Waals surface area contributed by atoms with Gasteiger partial charge in [-0.1, -0.05) is 31.6 Å². The maximum absolute atomic E-state index is 16.5. The monoisotopic (exact) mass is 502 g/mol. The first-order valence-electron chi connectivity index (χ1n) is 12.0. The smallest absolute Gasteiger partial charge is 0.318 e. The Morgan fingerprint density at radius 2 is 2.08 bits per heavy atom. The molecule has 0 saturated carbocycles. The number of terminal acetylenes is 1. The van der Waals surface area contributed by atoms with E-state index in [0.29, 0.717) is 57.7 Å². The SMILES string of the molecule is C#Cc1cccc2cc(O)cc(C(=C)/C(F)=c3/nc(OC)nc(N4CCNCC(C)C4)/c3=C(/C)OC)c12. The van der Waals surface area contributed by atoms with Crippen LogP contribution in [0.1, 0.15) is 25.0 Å². The predicted molar refractivity (Wildman–Crippen MR) is 145 cm³/mol. The molecule has 2 N–H and O–H groups in total. The third-order valence-electron chi connectivity index (χ3n) is 6.51. The van der Waals surface area contributed by atoms with Gasteiger partial charge in [0.1, 0.15) is 22.7 Å². The molecule has 0 amide bonds. The third kappa shape index (κ3) is 5.09. The van der Waals surface area contributed by atoms with Crippen molar-refractivity contribution in [3.8, 4) is 24.1 Å². The van der Waals surface area contributed by atoms with E-state index in [1.54, 1.807) is 31.2 Å². The second-order valence-electron chi connectivity index (χ2n) is 9.11. The van der Waals surface area contributed by atoms with E-state index in [4.69, 9.17) is 15.9 Å². The van der Waals surface area contributed by atoms with Crippen molar-refractivity contribution in [2.75, 3.05) is 45.3 Å². The molecule has 1 aromatic heterocycles. The summed E-state index contributed by atoms with van der Waals surface area (Å²) < 4.78 is 27.5. The van der Waals surface area contributed by atoms with E-state index in [-0.39, 0.29) is 22.7 Å². The molecule has 3 aromatic rings. The highest BCUT2D eigenvalue weighted by Crippen LogP contribution is 2.34. The van der Waals surface area contributed by atoms with Crippen LogP contribution in [-0.4, -0.2) is 55.5 Å². The average Bonchev–Trinajstić information content (AvgIpc) is 3.14. The number of fused-ring (bicyclic) bond motifs is 1. The van der Waals surface area contributed by atoms with Crippen LogP contribution >= 0.6 is 0 Å². The molecule has 37 heavy (non-hydrogen) atoms. The van der Waals surface area contributed by atoms with Crippen molar-refractivity contribution in [2.45, 2.75) is 13.8 Å². The van der Waals surface area contributed by atoms with Crippen LogP contribution in [0.5, 0.6) is 11.8 Å². The summed E-state index contributed by atoms with van der Waals surface area (Å²) in [5, 5.41) is 15.5. The molecular weight excluding hydrogens is 471 g/mol. The van der Waals surface area contributed by atoms with Crippen LogP contribution in [0.15, 0.2) is 36.9 Å². The number of nitrogens with zero attached hydrogens (tertiary/aromatic N) is 3. The van der Waals surface area contributed by atoms with Crippen LogP contribution in [0.25, 0.3) is 27.9 Å². The highest BCUT2D eigenvalue weighted by Gasteiger charge is 2.23. The first-order chi connectivity index (χ1) is 17.8. The normalized spacial score (nSPS) is 17.5. The fourth-order valence-electron chi connectivity index (χ4n) is 4.65. The van der Waals surface area contributed by atoms with Crippen molar-refractivity contribution in [2.24, 2.45) is 5.92 Å². The van der Waals surface area contributed by atoms with Gasteiger partial charge < -0.3 is 24.8 Å². The number of ether oxygens (including phenoxy) is 2. The summed E-state index contributed by atoms with van der Waals surface area (Å²) in [6, 6.07) is 8.42. The largest absolute Gasteiger partial charge is 0.508 e. The first-order valence-corrected chi connectivity index (χ1v) is 12.0. The number of anilines is 1. The van der Waals surface area contributed by atoms with Crippen LogP contribution in [0.3, 0.4) is 0 Å². The number of aromatic hydroxyl groups is 1. The minimum atomic E-state index is -0.701. The molecule has 2 heterocycles. The molecule has 1 fully saturated rings. The Balaban J connectivity index is 2.06. The van der Waals surface area contributed by atoms with E-state index >= 15 is 4.39 Å². The van der Waals surface area contributed by atoms with Crippen molar-refractivity contribution >= 4 is 33.7 Å². The second-order valence-corrected chi connectivity index (χ2v) is 9.11. The van der Waals surface area contributed by atoms with Crippen LogP contribution in [-0.2, 0) is 4.74 Å². The minimum Gasteiger partial charge on any atom is -0.508 e. The van der Waals surface area contributed by atoms with Crippen LogP contribution in [0, 0.1) is 18.3 Å². The van der Waals surface area contributed by atoms with Crippen molar-refractivity contribution < 1.29 is 19.0 Å². The number of benzene rings is 2. The summed E-state index contributed by atoms with van der Waals surface area (Å²) in [5.74, 6) is 3.22. The number of rotatable bonds is 5. The average molecular weight is 503 g/mol. The fraction of sp³-hybridized carbons (Fsp3) is 0.310. The molecule has 1 aliphatic rings. The van der Waals surface area contributed by atoms with Crippen LogP contribution in [0.4, 0.5) is 10.2 Å². The van der Waals surface area contributed by atoms with Gasteiger partial charge in [-0.25, -0.2) is 4.39 Å². The Kier molecular flexibility index (Phi) is 7.65. The van der Waals surface area contributed by atoms with Crippen molar-refractivity contribution in [1.82, 2.24) is 15.3 Å². The molecule has 1 aliphatic heterocycles. The molecule has 7 nitrogen and oxygen atoms in total. The number of allylic oxidation sites excluding steroid dienone is 1. The molecule has 1 unspecified atom stereocenters. The quantitative estimate of drug-likeness (QED) is 0.520. The van der Waals surface area contributed by atoms with Crippen LogP contribution < -0.4 is 25.5 Å². The van der Waals surface area contributed by atoms with Gasteiger partial charge in [-0.3, -0.25) is 0 Å². The summed E-state index contributed by atoms with van der Waals surface area (Å²) in [6.07, 6.45) is 5.75. The van der Waals surface area contributed by atoms with E-state index in [0.717, 1.165) is 13.1 Å². The van der Waals surface area contributed by atoms with Gasteiger partial charge in [0.05, 0.1) is 19.4 Å².